The molecule has 0 saturated heterocycles. The van der Waals surface area contributed by atoms with Crippen LogP contribution in [0.25, 0.3) is 11.5 Å². The van der Waals surface area contributed by atoms with Gasteiger partial charge in [-0.15, -0.1) is 6.58 Å². The zero-order valence-electron chi connectivity index (χ0n) is 18.5. The van der Waals surface area contributed by atoms with Gasteiger partial charge in [0.1, 0.15) is 17.1 Å². The number of rotatable bonds is 8. The lowest BCUT2D eigenvalue weighted by Gasteiger charge is -2.20. The molecule has 0 radical (unpaired) electrons. The Hall–Kier alpha value is -2.81. The largest absolute Gasteiger partial charge is 0.449 e. The summed E-state index contributed by atoms with van der Waals surface area (Å²) < 4.78 is 49.7. The normalized spacial score (nSPS) is 13.6. The van der Waals surface area contributed by atoms with E-state index in [4.69, 9.17) is 39.5 Å². The molecule has 35 heavy (non-hydrogen) atoms. The zero-order valence-corrected chi connectivity index (χ0v) is 20.8. The molecule has 2 heterocycles. The van der Waals surface area contributed by atoms with Crippen LogP contribution in [0.4, 0.5) is 13.2 Å². The van der Waals surface area contributed by atoms with Crippen molar-refractivity contribution in [2.75, 3.05) is 0 Å². The molecule has 1 atom stereocenters. The first-order valence-corrected chi connectivity index (χ1v) is 11.3. The number of halogens is 6. The van der Waals surface area contributed by atoms with Crippen molar-refractivity contribution in [3.05, 3.63) is 91.9 Å². The van der Waals surface area contributed by atoms with Gasteiger partial charge in [-0.05, 0) is 38.1 Å². The number of allylic oxidation sites excluding steroid dienone is 3. The first-order valence-electron chi connectivity index (χ1n) is 10.1. The van der Waals surface area contributed by atoms with Crippen molar-refractivity contribution in [1.82, 2.24) is 15.0 Å². The molecule has 3 aromatic rings. The number of benzene rings is 1. The Bertz CT molecular complexity index is 1360. The van der Waals surface area contributed by atoms with Crippen LogP contribution in [0.3, 0.4) is 0 Å². The Morgan fingerprint density at radius 2 is 1.86 bits per heavy atom. The molecule has 0 aliphatic rings. The predicted octanol–water partition coefficient (Wildman–Crippen LogP) is 8.01. The molecule has 2 aromatic heterocycles. The highest BCUT2D eigenvalue weighted by molar-refractivity contribution is 6.42. The highest BCUT2D eigenvalue weighted by atomic mass is 35.5. The third kappa shape index (κ3) is 5.89. The molecule has 5 nitrogen and oxygen atoms in total. The quantitative estimate of drug-likeness (QED) is 0.292. The van der Waals surface area contributed by atoms with Crippen LogP contribution in [-0.2, 0) is 11.6 Å². The minimum atomic E-state index is -3.25. The summed E-state index contributed by atoms with van der Waals surface area (Å²) in [5.41, 5.74) is -4.08. The Labute approximate surface area is 214 Å². The monoisotopic (exact) mass is 543 g/mol. The van der Waals surface area contributed by atoms with E-state index in [9.17, 15) is 13.6 Å². The number of H-pyrrole nitrogens is 1. The van der Waals surface area contributed by atoms with Crippen LogP contribution in [0.15, 0.2) is 60.1 Å². The van der Waals surface area contributed by atoms with Crippen LogP contribution in [0.5, 0.6) is 11.5 Å². The lowest BCUT2D eigenvalue weighted by Crippen LogP contribution is -2.23. The van der Waals surface area contributed by atoms with E-state index in [0.29, 0.717) is 0 Å². The average molecular weight is 545 g/mol. The van der Waals surface area contributed by atoms with Crippen LogP contribution in [0.2, 0.25) is 15.1 Å². The molecule has 11 heteroatoms. The molecule has 0 amide bonds. The molecular weight excluding hydrogens is 526 g/mol. The van der Waals surface area contributed by atoms with Crippen molar-refractivity contribution < 1.29 is 17.9 Å². The zero-order chi connectivity index (χ0) is 26.0. The summed E-state index contributed by atoms with van der Waals surface area (Å²) in [6.45, 7) is 6.08. The van der Waals surface area contributed by atoms with Gasteiger partial charge in [0.2, 0.25) is 5.75 Å². The molecule has 0 spiro atoms. The highest BCUT2D eigenvalue weighted by Crippen LogP contribution is 2.38. The fraction of sp³-hybridized carbons (Fsp3) is 0.208. The van der Waals surface area contributed by atoms with E-state index in [1.165, 1.54) is 37.3 Å². The Morgan fingerprint density at radius 3 is 2.46 bits per heavy atom. The first kappa shape index (κ1) is 26.8. The maximum Gasteiger partial charge on any atom is 0.294 e. The minimum absolute atomic E-state index is 0.113. The Balaban J connectivity index is 2.16. The maximum atomic E-state index is 15.6. The van der Waals surface area contributed by atoms with Crippen molar-refractivity contribution in [1.29, 1.82) is 0 Å². The van der Waals surface area contributed by atoms with Crippen molar-refractivity contribution in [3.63, 3.8) is 0 Å². The fourth-order valence-electron chi connectivity index (χ4n) is 3.16. The van der Waals surface area contributed by atoms with E-state index < -0.39 is 34.9 Å². The summed E-state index contributed by atoms with van der Waals surface area (Å²) in [4.78, 5) is 23.6. The summed E-state index contributed by atoms with van der Waals surface area (Å²) in [7, 11) is 0. The molecule has 0 fully saturated rings. The van der Waals surface area contributed by atoms with Gasteiger partial charge in [0, 0.05) is 24.2 Å². The van der Waals surface area contributed by atoms with Gasteiger partial charge in [0.05, 0.1) is 15.1 Å². The molecule has 1 unspecified atom stereocenters. The van der Waals surface area contributed by atoms with Gasteiger partial charge in [0.15, 0.2) is 11.5 Å². The van der Waals surface area contributed by atoms with Gasteiger partial charge < -0.3 is 9.72 Å². The van der Waals surface area contributed by atoms with E-state index in [2.05, 4.69) is 21.5 Å². The van der Waals surface area contributed by atoms with Crippen molar-refractivity contribution in [2.24, 2.45) is 0 Å². The number of aromatic amines is 1. The van der Waals surface area contributed by atoms with Crippen LogP contribution >= 0.6 is 34.8 Å². The molecule has 3 rings (SSSR count). The second kappa shape index (κ2) is 10.4. The van der Waals surface area contributed by atoms with Crippen molar-refractivity contribution in [2.45, 2.75) is 31.9 Å². The highest BCUT2D eigenvalue weighted by Gasteiger charge is 2.34. The van der Waals surface area contributed by atoms with E-state index in [1.807, 2.05) is 0 Å². The topological polar surface area (TPSA) is 67.9 Å². The molecule has 1 aromatic carbocycles. The summed E-state index contributed by atoms with van der Waals surface area (Å²) in [5.74, 6) is -3.81. The van der Waals surface area contributed by atoms with E-state index in [0.717, 1.165) is 18.3 Å². The maximum absolute atomic E-state index is 15.6. The third-order valence-corrected chi connectivity index (χ3v) is 5.85. The van der Waals surface area contributed by atoms with Gasteiger partial charge in [-0.1, -0.05) is 47.0 Å². The number of nitrogens with one attached hydrogen (secondary N) is 1. The molecule has 1 N–H and O–H groups in total. The second-order valence-corrected chi connectivity index (χ2v) is 8.82. The van der Waals surface area contributed by atoms with Crippen LogP contribution in [0, 0.1) is 0 Å². The number of ether oxygens (including phenoxy) is 1. The molecule has 0 bridgehead atoms. The lowest BCUT2D eigenvalue weighted by molar-refractivity contribution is -0.00116. The summed E-state index contributed by atoms with van der Waals surface area (Å²) in [6, 6.07) is 5.25. The van der Waals surface area contributed by atoms with Gasteiger partial charge in [-0.2, -0.15) is 0 Å². The van der Waals surface area contributed by atoms with Crippen LogP contribution in [-0.4, -0.2) is 15.0 Å². The molecule has 184 valence electrons. The standard InChI is InChI=1S/C24H19Cl3F3N3O2/c1-4-8-23(3,28)20-19(35-14-6-7-15(25)16(26)11-14)22(34)33-21(32-20)18-17(27)10-13(12-31-18)24(29,30)9-5-2/h4-8,10-12H,2,9H2,1,3H3,(H,32,33,34). The van der Waals surface area contributed by atoms with E-state index in [-0.39, 0.29) is 38.0 Å². The SMILES string of the molecule is C=CCC(F)(F)c1cnc(-c2nc(C(C)(F)C=CC)c(Oc3ccc(Cl)c(Cl)c3)c(=O)[nH]2)c(Cl)c1. The number of nitrogens with zero attached hydrogens (tertiary/aromatic N) is 2. The number of hydrogen-bond donors (Lipinski definition) is 1. The van der Waals surface area contributed by atoms with Gasteiger partial charge in [0.25, 0.3) is 11.5 Å². The summed E-state index contributed by atoms with van der Waals surface area (Å²) in [5, 5.41) is 0.200. The summed E-state index contributed by atoms with van der Waals surface area (Å²) in [6.07, 6.45) is 3.98. The number of aromatic nitrogens is 3. The number of pyridine rings is 1. The lowest BCUT2D eigenvalue weighted by atomic mass is 10.0. The minimum Gasteiger partial charge on any atom is -0.449 e. The first-order chi connectivity index (χ1) is 16.4. The van der Waals surface area contributed by atoms with Gasteiger partial charge in [-0.3, -0.25) is 9.78 Å². The van der Waals surface area contributed by atoms with Gasteiger partial charge in [-0.25, -0.2) is 18.2 Å². The van der Waals surface area contributed by atoms with Crippen LogP contribution < -0.4 is 10.3 Å². The molecule has 0 saturated carbocycles. The second-order valence-electron chi connectivity index (χ2n) is 7.60. The van der Waals surface area contributed by atoms with Crippen molar-refractivity contribution >= 4 is 34.8 Å². The average Bonchev–Trinajstić information content (AvgIpc) is 2.77. The molecular formula is C24H19Cl3F3N3O2. The summed E-state index contributed by atoms with van der Waals surface area (Å²) >= 11 is 18.1. The molecule has 0 aliphatic carbocycles. The van der Waals surface area contributed by atoms with E-state index >= 15 is 4.39 Å². The van der Waals surface area contributed by atoms with Crippen molar-refractivity contribution in [3.8, 4) is 23.0 Å². The van der Waals surface area contributed by atoms with Crippen LogP contribution in [0.1, 0.15) is 31.5 Å². The predicted molar refractivity (Wildman–Crippen MR) is 132 cm³/mol. The van der Waals surface area contributed by atoms with E-state index in [1.54, 1.807) is 6.92 Å². The number of hydrogen-bond acceptors (Lipinski definition) is 4. The fourth-order valence-corrected chi connectivity index (χ4v) is 3.71. The third-order valence-electron chi connectivity index (χ3n) is 4.82. The smallest absolute Gasteiger partial charge is 0.294 e. The Kier molecular flexibility index (Phi) is 7.99. The molecule has 0 aliphatic heterocycles. The Morgan fingerprint density at radius 1 is 1.14 bits per heavy atom. The van der Waals surface area contributed by atoms with Gasteiger partial charge >= 0.3 is 0 Å². The number of alkyl halides is 3.